The molecule has 0 bridgehead atoms. The second-order valence-corrected chi connectivity index (χ2v) is 3.96. The number of hydrogen-bond acceptors (Lipinski definition) is 4. The predicted molar refractivity (Wildman–Crippen MR) is 71.2 cm³/mol. The average molecular weight is 248 g/mol. The molecule has 91 valence electrons. The van der Waals surface area contributed by atoms with Crippen LogP contribution in [0.4, 0.5) is 5.82 Å². The van der Waals surface area contributed by atoms with Gasteiger partial charge in [0, 0.05) is 5.56 Å². The number of nitrogens with zero attached hydrogens (tertiary/aromatic N) is 4. The van der Waals surface area contributed by atoms with Gasteiger partial charge < -0.3 is 5.73 Å². The number of nitrogens with two attached hydrogens (primary N) is 1. The summed E-state index contributed by atoms with van der Waals surface area (Å²) >= 11 is 0. The molecule has 0 saturated carbocycles. The monoisotopic (exact) mass is 248 g/mol. The number of fused-ring (bicyclic) bond motifs is 1. The highest BCUT2D eigenvalue weighted by Crippen LogP contribution is 2.14. The van der Waals surface area contributed by atoms with E-state index in [-0.39, 0.29) is 0 Å². The van der Waals surface area contributed by atoms with Crippen molar-refractivity contribution in [2.24, 2.45) is 0 Å². The van der Waals surface area contributed by atoms with E-state index in [1.807, 2.05) is 31.2 Å². The Hall–Kier alpha value is -2.87. The lowest BCUT2D eigenvalue weighted by Crippen LogP contribution is -2.06. The molecule has 0 fully saturated rings. The minimum atomic E-state index is 0.448. The van der Waals surface area contributed by atoms with Crippen LogP contribution < -0.4 is 5.73 Å². The van der Waals surface area contributed by atoms with Crippen molar-refractivity contribution in [3.8, 4) is 11.8 Å². The first-order valence-electron chi connectivity index (χ1n) is 5.70. The van der Waals surface area contributed by atoms with Crippen LogP contribution in [0.15, 0.2) is 30.6 Å². The van der Waals surface area contributed by atoms with Gasteiger partial charge in [-0.25, -0.2) is 4.98 Å². The van der Waals surface area contributed by atoms with Gasteiger partial charge in [0.15, 0.2) is 0 Å². The molecule has 0 atom stereocenters. The maximum absolute atomic E-state index is 6.04. The van der Waals surface area contributed by atoms with Crippen LogP contribution in [0.3, 0.4) is 0 Å². The fourth-order valence-electron chi connectivity index (χ4n) is 1.73. The van der Waals surface area contributed by atoms with Crippen LogP contribution in [0.2, 0.25) is 0 Å². The van der Waals surface area contributed by atoms with Crippen LogP contribution >= 0.6 is 0 Å². The average Bonchev–Trinajstić information content (AvgIpc) is 2.88. The third-order valence-electron chi connectivity index (χ3n) is 2.67. The Bertz CT molecular complexity index is 793. The van der Waals surface area contributed by atoms with Crippen molar-refractivity contribution < 1.29 is 0 Å². The van der Waals surface area contributed by atoms with Crippen molar-refractivity contribution in [1.82, 2.24) is 19.6 Å². The highest BCUT2D eigenvalue weighted by Gasteiger charge is 2.09. The number of hydrogen-bond donors (Lipinski definition) is 1. The van der Waals surface area contributed by atoms with Gasteiger partial charge in [-0.15, -0.1) is 0 Å². The highest BCUT2D eigenvalue weighted by molar-refractivity contribution is 5.58. The van der Waals surface area contributed by atoms with Gasteiger partial charge in [0.2, 0.25) is 0 Å². The molecule has 19 heavy (non-hydrogen) atoms. The summed E-state index contributed by atoms with van der Waals surface area (Å²) in [6, 6.07) is 10.6. The van der Waals surface area contributed by atoms with Crippen LogP contribution in [-0.4, -0.2) is 19.6 Å². The molecule has 0 unspecified atom stereocenters. The molecule has 1 radical (unpaired) electrons. The largest absolute Gasteiger partial charge is 0.382 e. The van der Waals surface area contributed by atoms with Gasteiger partial charge in [0.25, 0.3) is 5.78 Å². The SMILES string of the molecule is Cc1nc2ncnn2c(N)c1C#Cc1[c]cccc1. The molecule has 0 aliphatic carbocycles. The zero-order chi connectivity index (χ0) is 13.2. The van der Waals surface area contributed by atoms with Crippen LogP contribution in [0.5, 0.6) is 0 Å². The van der Waals surface area contributed by atoms with Gasteiger partial charge in [-0.3, -0.25) is 0 Å². The van der Waals surface area contributed by atoms with Gasteiger partial charge in [0.05, 0.1) is 11.3 Å². The summed E-state index contributed by atoms with van der Waals surface area (Å²) in [6.07, 6.45) is 1.42. The molecule has 5 heteroatoms. The van der Waals surface area contributed by atoms with Crippen molar-refractivity contribution in [2.75, 3.05) is 5.73 Å². The summed E-state index contributed by atoms with van der Waals surface area (Å²) in [7, 11) is 0. The Morgan fingerprint density at radius 1 is 1.32 bits per heavy atom. The lowest BCUT2D eigenvalue weighted by atomic mass is 10.2. The standard InChI is InChI=1S/C14H10N5/c1-10-12(8-7-11-5-3-2-4-6-11)13(15)19-14(18-10)16-9-17-19/h2-5,9H,15H2,1H3. The number of aryl methyl sites for hydroxylation is 1. The van der Waals surface area contributed by atoms with E-state index < -0.39 is 0 Å². The van der Waals surface area contributed by atoms with Gasteiger partial charge >= 0.3 is 0 Å². The lowest BCUT2D eigenvalue weighted by Gasteiger charge is -2.03. The quantitative estimate of drug-likeness (QED) is 0.607. The number of aromatic nitrogens is 4. The molecule has 0 aliphatic heterocycles. The number of anilines is 1. The van der Waals surface area contributed by atoms with Crippen LogP contribution in [-0.2, 0) is 0 Å². The molecule has 0 aliphatic rings. The fraction of sp³-hybridized carbons (Fsp3) is 0.0714. The minimum Gasteiger partial charge on any atom is -0.382 e. The van der Waals surface area contributed by atoms with E-state index in [0.29, 0.717) is 17.2 Å². The maximum Gasteiger partial charge on any atom is 0.254 e. The third-order valence-corrected chi connectivity index (χ3v) is 2.67. The number of benzene rings is 1. The topological polar surface area (TPSA) is 69.1 Å². The molecule has 2 N–H and O–H groups in total. The summed E-state index contributed by atoms with van der Waals surface area (Å²) in [6.45, 7) is 1.85. The summed E-state index contributed by atoms with van der Waals surface area (Å²) < 4.78 is 1.48. The molecule has 2 heterocycles. The second-order valence-electron chi connectivity index (χ2n) is 3.96. The Morgan fingerprint density at radius 3 is 3.00 bits per heavy atom. The Balaban J connectivity index is 2.13. The first-order valence-corrected chi connectivity index (χ1v) is 5.70. The molecule has 0 spiro atoms. The van der Waals surface area contributed by atoms with Gasteiger partial charge in [-0.05, 0) is 19.1 Å². The lowest BCUT2D eigenvalue weighted by molar-refractivity contribution is 0.937. The normalized spacial score (nSPS) is 10.2. The summed E-state index contributed by atoms with van der Waals surface area (Å²) in [4.78, 5) is 8.31. The fourth-order valence-corrected chi connectivity index (χ4v) is 1.73. The van der Waals surface area contributed by atoms with E-state index in [0.717, 1.165) is 11.3 Å². The van der Waals surface area contributed by atoms with E-state index in [4.69, 9.17) is 5.73 Å². The third kappa shape index (κ3) is 2.00. The summed E-state index contributed by atoms with van der Waals surface area (Å²) in [5.74, 6) is 6.96. The first-order chi connectivity index (χ1) is 9.25. The van der Waals surface area contributed by atoms with Crippen LogP contribution in [0.25, 0.3) is 5.78 Å². The molecule has 1 aromatic carbocycles. The smallest absolute Gasteiger partial charge is 0.254 e. The first kappa shape index (κ1) is 11.2. The van der Waals surface area contributed by atoms with Crippen LogP contribution in [0, 0.1) is 24.8 Å². The second kappa shape index (κ2) is 4.42. The molecule has 0 saturated heterocycles. The predicted octanol–water partition coefficient (Wildman–Crippen LogP) is 1.21. The maximum atomic E-state index is 6.04. The molecule has 5 nitrogen and oxygen atoms in total. The van der Waals surface area contributed by atoms with Crippen molar-refractivity contribution in [2.45, 2.75) is 6.92 Å². The summed E-state index contributed by atoms with van der Waals surface area (Å²) in [5.41, 5.74) is 8.24. The molecule has 2 aromatic heterocycles. The molecule has 3 aromatic rings. The van der Waals surface area contributed by atoms with Crippen molar-refractivity contribution >= 4 is 11.6 Å². The molecule has 0 amide bonds. The molecular formula is C14H10N5. The van der Waals surface area contributed by atoms with E-state index in [1.54, 1.807) is 0 Å². The summed E-state index contributed by atoms with van der Waals surface area (Å²) in [5, 5.41) is 4.02. The zero-order valence-corrected chi connectivity index (χ0v) is 10.3. The molecule has 3 rings (SSSR count). The van der Waals surface area contributed by atoms with Crippen molar-refractivity contribution in [3.63, 3.8) is 0 Å². The van der Waals surface area contributed by atoms with E-state index in [9.17, 15) is 0 Å². The molecular weight excluding hydrogens is 238 g/mol. The zero-order valence-electron chi connectivity index (χ0n) is 10.3. The van der Waals surface area contributed by atoms with E-state index in [1.165, 1.54) is 10.8 Å². The van der Waals surface area contributed by atoms with E-state index in [2.05, 4.69) is 33.0 Å². The van der Waals surface area contributed by atoms with Crippen LogP contribution in [0.1, 0.15) is 16.8 Å². The van der Waals surface area contributed by atoms with Crippen molar-refractivity contribution in [1.29, 1.82) is 0 Å². The van der Waals surface area contributed by atoms with Crippen molar-refractivity contribution in [3.05, 3.63) is 53.5 Å². The van der Waals surface area contributed by atoms with Gasteiger partial charge in [-0.1, -0.05) is 30.0 Å². The number of rotatable bonds is 0. The van der Waals surface area contributed by atoms with Gasteiger partial charge in [0.1, 0.15) is 12.1 Å². The Morgan fingerprint density at radius 2 is 2.21 bits per heavy atom. The minimum absolute atomic E-state index is 0.448. The Kier molecular flexibility index (Phi) is 2.62. The highest BCUT2D eigenvalue weighted by atomic mass is 15.3. The van der Waals surface area contributed by atoms with Gasteiger partial charge in [-0.2, -0.15) is 14.6 Å². The Labute approximate surface area is 110 Å². The number of nitrogen functional groups attached to an aromatic ring is 1. The van der Waals surface area contributed by atoms with E-state index >= 15 is 0 Å².